The molecule has 0 bridgehead atoms. The summed E-state index contributed by atoms with van der Waals surface area (Å²) in [5.74, 6) is 0.864. The van der Waals surface area contributed by atoms with E-state index in [1.165, 1.54) is 31.4 Å². The summed E-state index contributed by atoms with van der Waals surface area (Å²) in [6, 6.07) is 13.1. The first-order chi connectivity index (χ1) is 14.8. The molecular formula is C21H16F3N5O2. The molecule has 2 heterocycles. The molecule has 2 aromatic carbocycles. The molecule has 0 unspecified atom stereocenters. The zero-order chi connectivity index (χ0) is 22.0. The smallest absolute Gasteiger partial charge is 0.416 e. The molecule has 31 heavy (non-hydrogen) atoms. The van der Waals surface area contributed by atoms with Crippen molar-refractivity contribution in [3.8, 4) is 11.5 Å². The number of anilines is 2. The van der Waals surface area contributed by atoms with Crippen molar-refractivity contribution in [3.05, 3.63) is 72.1 Å². The molecular weight excluding hydrogens is 411 g/mol. The summed E-state index contributed by atoms with van der Waals surface area (Å²) in [5.41, 5.74) is 0.937. The van der Waals surface area contributed by atoms with Crippen molar-refractivity contribution >= 4 is 28.6 Å². The van der Waals surface area contributed by atoms with Crippen molar-refractivity contribution < 1.29 is 22.7 Å². The monoisotopic (exact) mass is 427 g/mol. The van der Waals surface area contributed by atoms with Gasteiger partial charge in [-0.05, 0) is 36.4 Å². The van der Waals surface area contributed by atoms with Gasteiger partial charge in [0.2, 0.25) is 5.95 Å². The van der Waals surface area contributed by atoms with Crippen molar-refractivity contribution in [2.45, 2.75) is 6.18 Å². The summed E-state index contributed by atoms with van der Waals surface area (Å²) in [6.07, 6.45) is -2.96. The summed E-state index contributed by atoms with van der Waals surface area (Å²) < 4.78 is 44.5. The van der Waals surface area contributed by atoms with Crippen LogP contribution in [0.5, 0.6) is 11.5 Å². The van der Waals surface area contributed by atoms with Crippen LogP contribution in [0.1, 0.15) is 16.1 Å². The maximum absolute atomic E-state index is 12.9. The number of aromatic nitrogens is 3. The molecule has 4 aromatic rings. The number of hydrogen-bond acceptors (Lipinski definition) is 5. The number of aromatic amines is 1. The van der Waals surface area contributed by atoms with Gasteiger partial charge in [-0.15, -0.1) is 0 Å². The molecule has 0 radical (unpaired) electrons. The van der Waals surface area contributed by atoms with Crippen LogP contribution in [0.3, 0.4) is 0 Å². The lowest BCUT2D eigenvalue weighted by molar-refractivity contribution is -0.137. The van der Waals surface area contributed by atoms with Gasteiger partial charge in [-0.2, -0.15) is 13.2 Å². The Morgan fingerprint density at radius 1 is 1.06 bits per heavy atom. The molecule has 0 saturated heterocycles. The van der Waals surface area contributed by atoms with Crippen molar-refractivity contribution in [1.29, 1.82) is 0 Å². The van der Waals surface area contributed by atoms with Gasteiger partial charge in [-0.3, -0.25) is 9.78 Å². The van der Waals surface area contributed by atoms with E-state index in [1.807, 2.05) is 0 Å². The highest BCUT2D eigenvalue weighted by atomic mass is 19.4. The van der Waals surface area contributed by atoms with Crippen molar-refractivity contribution in [2.75, 3.05) is 12.4 Å². The maximum Gasteiger partial charge on any atom is 0.416 e. The van der Waals surface area contributed by atoms with Crippen molar-refractivity contribution in [2.24, 2.45) is 0 Å². The van der Waals surface area contributed by atoms with Gasteiger partial charge in [0.15, 0.2) is 0 Å². The summed E-state index contributed by atoms with van der Waals surface area (Å²) in [4.78, 5) is 23.0. The number of imidazole rings is 1. The Labute approximate surface area is 174 Å². The first-order valence-corrected chi connectivity index (χ1v) is 9.12. The average Bonchev–Trinajstić information content (AvgIpc) is 3.14. The van der Waals surface area contributed by atoms with Crippen LogP contribution >= 0.6 is 0 Å². The highest BCUT2D eigenvalue weighted by Gasteiger charge is 2.30. The van der Waals surface area contributed by atoms with Gasteiger partial charge in [-0.25, -0.2) is 4.98 Å². The lowest BCUT2D eigenvalue weighted by Gasteiger charge is -2.08. The molecule has 10 heteroatoms. The van der Waals surface area contributed by atoms with E-state index in [1.54, 1.807) is 24.3 Å². The molecule has 0 fully saturated rings. The van der Waals surface area contributed by atoms with E-state index in [-0.39, 0.29) is 23.2 Å². The molecule has 0 aliphatic carbocycles. The van der Waals surface area contributed by atoms with Gasteiger partial charge in [0, 0.05) is 31.1 Å². The predicted molar refractivity (Wildman–Crippen MR) is 109 cm³/mol. The lowest BCUT2D eigenvalue weighted by atomic mass is 10.2. The second kappa shape index (κ2) is 7.98. The minimum absolute atomic E-state index is 0.218. The van der Waals surface area contributed by atoms with Crippen LogP contribution < -0.4 is 15.4 Å². The number of nitrogens with one attached hydrogen (secondary N) is 3. The third-order valence-electron chi connectivity index (χ3n) is 4.33. The van der Waals surface area contributed by atoms with Gasteiger partial charge < -0.3 is 20.4 Å². The molecule has 0 atom stereocenters. The number of amides is 1. The number of fused-ring (bicyclic) bond motifs is 1. The Morgan fingerprint density at radius 2 is 1.87 bits per heavy atom. The minimum atomic E-state index is -4.43. The third-order valence-corrected chi connectivity index (χ3v) is 4.33. The zero-order valence-electron chi connectivity index (χ0n) is 16.1. The van der Waals surface area contributed by atoms with Crippen molar-refractivity contribution in [1.82, 2.24) is 20.3 Å². The fourth-order valence-corrected chi connectivity index (χ4v) is 2.88. The number of nitrogens with zero attached hydrogens (tertiary/aromatic N) is 2. The lowest BCUT2D eigenvalue weighted by Crippen LogP contribution is -2.18. The van der Waals surface area contributed by atoms with Crippen LogP contribution in [-0.4, -0.2) is 27.9 Å². The van der Waals surface area contributed by atoms with Crippen LogP contribution in [0.15, 0.2) is 60.8 Å². The van der Waals surface area contributed by atoms with Gasteiger partial charge in [-0.1, -0.05) is 6.07 Å². The highest BCUT2D eigenvalue weighted by Crippen LogP contribution is 2.32. The molecule has 0 saturated carbocycles. The standard InChI is InChI=1S/C21H16F3N5O2/c1-25-19(30)18-11-15(7-8-26-18)31-14-5-6-16-17(10-14)29-20(28-16)27-13-4-2-3-12(9-13)21(22,23)24/h2-11H,1H3,(H,25,30)(H2,27,28,29). The zero-order valence-corrected chi connectivity index (χ0v) is 16.1. The van der Waals surface area contributed by atoms with Crippen LogP contribution in [0.2, 0.25) is 0 Å². The van der Waals surface area contributed by atoms with E-state index in [0.29, 0.717) is 22.5 Å². The van der Waals surface area contributed by atoms with Crippen LogP contribution in [0.25, 0.3) is 11.0 Å². The number of rotatable bonds is 5. The van der Waals surface area contributed by atoms with Gasteiger partial charge in [0.1, 0.15) is 17.2 Å². The number of alkyl halides is 3. The Kier molecular flexibility index (Phi) is 5.20. The second-order valence-electron chi connectivity index (χ2n) is 6.53. The molecule has 0 spiro atoms. The fourth-order valence-electron chi connectivity index (χ4n) is 2.88. The third kappa shape index (κ3) is 4.58. The normalized spacial score (nSPS) is 11.4. The molecule has 2 aromatic heterocycles. The maximum atomic E-state index is 12.9. The second-order valence-corrected chi connectivity index (χ2v) is 6.53. The number of hydrogen-bond donors (Lipinski definition) is 3. The van der Waals surface area contributed by atoms with E-state index in [4.69, 9.17) is 4.74 Å². The predicted octanol–water partition coefficient (Wildman–Crippen LogP) is 4.87. The number of carbonyl (C=O) groups is 1. The molecule has 3 N–H and O–H groups in total. The topological polar surface area (TPSA) is 91.9 Å². The van der Waals surface area contributed by atoms with E-state index in [9.17, 15) is 18.0 Å². The number of halogens is 3. The summed E-state index contributed by atoms with van der Waals surface area (Å²) in [5, 5.41) is 5.33. The summed E-state index contributed by atoms with van der Waals surface area (Å²) in [7, 11) is 1.51. The van der Waals surface area contributed by atoms with E-state index < -0.39 is 11.7 Å². The SMILES string of the molecule is CNC(=O)c1cc(Oc2ccc3nc(Nc4cccc(C(F)(F)F)c4)[nH]c3c2)ccn1. The van der Waals surface area contributed by atoms with E-state index in [2.05, 4.69) is 25.6 Å². The minimum Gasteiger partial charge on any atom is -0.457 e. The molecule has 4 rings (SSSR count). The Morgan fingerprint density at radius 3 is 2.65 bits per heavy atom. The molecule has 7 nitrogen and oxygen atoms in total. The molecule has 158 valence electrons. The van der Waals surface area contributed by atoms with E-state index in [0.717, 1.165) is 12.1 Å². The number of benzene rings is 2. The van der Waals surface area contributed by atoms with Crippen LogP contribution in [0.4, 0.5) is 24.8 Å². The molecule has 0 aliphatic rings. The van der Waals surface area contributed by atoms with Crippen LogP contribution in [-0.2, 0) is 6.18 Å². The Hall–Kier alpha value is -4.08. The number of H-pyrrole nitrogens is 1. The largest absolute Gasteiger partial charge is 0.457 e. The van der Waals surface area contributed by atoms with Crippen molar-refractivity contribution in [3.63, 3.8) is 0 Å². The quantitative estimate of drug-likeness (QED) is 0.423. The fraction of sp³-hybridized carbons (Fsp3) is 0.0952. The number of carbonyl (C=O) groups excluding carboxylic acids is 1. The number of pyridine rings is 1. The average molecular weight is 427 g/mol. The molecule has 0 aliphatic heterocycles. The first-order valence-electron chi connectivity index (χ1n) is 9.12. The highest BCUT2D eigenvalue weighted by molar-refractivity contribution is 5.92. The summed E-state index contributed by atoms with van der Waals surface area (Å²) in [6.45, 7) is 0. The van der Waals surface area contributed by atoms with Gasteiger partial charge >= 0.3 is 6.18 Å². The van der Waals surface area contributed by atoms with Gasteiger partial charge in [0.25, 0.3) is 5.91 Å². The van der Waals surface area contributed by atoms with Crippen LogP contribution in [0, 0.1) is 0 Å². The first kappa shape index (κ1) is 20.2. The summed E-state index contributed by atoms with van der Waals surface area (Å²) >= 11 is 0. The Bertz CT molecular complexity index is 1250. The van der Waals surface area contributed by atoms with Gasteiger partial charge in [0.05, 0.1) is 16.6 Å². The number of ether oxygens (including phenoxy) is 1. The Balaban J connectivity index is 1.54. The molecule has 1 amide bonds. The van der Waals surface area contributed by atoms with E-state index >= 15 is 0 Å².